The smallest absolute Gasteiger partial charge is 0.00387 e. The molecule has 0 aliphatic carbocycles. The van der Waals surface area contributed by atoms with Crippen LogP contribution in [0.2, 0.25) is 0 Å². The van der Waals surface area contributed by atoms with Gasteiger partial charge in [-0.3, -0.25) is 0 Å². The Morgan fingerprint density at radius 2 is 1.62 bits per heavy atom. The third-order valence-electron chi connectivity index (χ3n) is 4.65. The van der Waals surface area contributed by atoms with E-state index in [0.29, 0.717) is 0 Å². The topological polar surface area (TPSA) is 6.48 Å². The monoisotopic (exact) mass is 224 g/mol. The van der Waals surface area contributed by atoms with Crippen LogP contribution in [0.1, 0.15) is 39.5 Å². The molecule has 2 heteroatoms. The molecule has 1 unspecified atom stereocenters. The lowest BCUT2D eigenvalue weighted by atomic mass is 9.79. The molecule has 2 nitrogen and oxygen atoms in total. The van der Waals surface area contributed by atoms with E-state index >= 15 is 0 Å². The molecule has 2 fully saturated rings. The molecule has 0 aromatic heterocycles. The van der Waals surface area contributed by atoms with Gasteiger partial charge in [-0.2, -0.15) is 0 Å². The van der Waals surface area contributed by atoms with E-state index in [1.807, 2.05) is 0 Å². The predicted octanol–water partition coefficient (Wildman–Crippen LogP) is 2.45. The summed E-state index contributed by atoms with van der Waals surface area (Å²) in [6, 6.07) is 0.745. The van der Waals surface area contributed by atoms with Gasteiger partial charge in [-0.1, -0.05) is 0 Å². The molecule has 0 bridgehead atoms. The largest absolute Gasteiger partial charge is 0.306 e. The molecule has 0 radical (unpaired) electrons. The van der Waals surface area contributed by atoms with Gasteiger partial charge in [0.2, 0.25) is 0 Å². The average molecular weight is 224 g/mol. The molecule has 16 heavy (non-hydrogen) atoms. The molecule has 0 aromatic rings. The van der Waals surface area contributed by atoms with E-state index < -0.39 is 0 Å². The zero-order valence-electron chi connectivity index (χ0n) is 11.3. The van der Waals surface area contributed by atoms with Crippen LogP contribution in [0.4, 0.5) is 0 Å². The summed E-state index contributed by atoms with van der Waals surface area (Å²) in [6.45, 7) is 10.0. The highest BCUT2D eigenvalue weighted by Crippen LogP contribution is 2.31. The highest BCUT2D eigenvalue weighted by molar-refractivity contribution is 4.83. The third kappa shape index (κ3) is 2.98. The van der Waals surface area contributed by atoms with Crippen LogP contribution < -0.4 is 0 Å². The fourth-order valence-electron chi connectivity index (χ4n) is 3.39. The SMILES string of the molecule is CC(C)N1CCCC(C2CCN(C)CC2)C1. The Morgan fingerprint density at radius 1 is 0.938 bits per heavy atom. The quantitative estimate of drug-likeness (QED) is 0.711. The second-order valence-electron chi connectivity index (χ2n) is 6.13. The molecule has 0 N–H and O–H groups in total. The van der Waals surface area contributed by atoms with Crippen LogP contribution in [0.3, 0.4) is 0 Å². The molecule has 2 saturated heterocycles. The molecule has 0 spiro atoms. The second kappa shape index (κ2) is 5.50. The highest BCUT2D eigenvalue weighted by Gasteiger charge is 2.29. The molecular weight excluding hydrogens is 196 g/mol. The van der Waals surface area contributed by atoms with E-state index in [-0.39, 0.29) is 0 Å². The Hall–Kier alpha value is -0.0800. The molecule has 2 heterocycles. The summed E-state index contributed by atoms with van der Waals surface area (Å²) in [7, 11) is 2.26. The van der Waals surface area contributed by atoms with Gasteiger partial charge in [0.25, 0.3) is 0 Å². The minimum absolute atomic E-state index is 0.745. The number of hydrogen-bond donors (Lipinski definition) is 0. The third-order valence-corrected chi connectivity index (χ3v) is 4.65. The first-order chi connectivity index (χ1) is 7.66. The van der Waals surface area contributed by atoms with Crippen LogP contribution in [0.15, 0.2) is 0 Å². The van der Waals surface area contributed by atoms with Crippen LogP contribution in [0, 0.1) is 11.8 Å². The standard InChI is InChI=1S/C14H28N2/c1-12(2)16-8-4-5-14(11-16)13-6-9-15(3)10-7-13/h12-14H,4-11H2,1-3H3. The van der Waals surface area contributed by atoms with Crippen molar-refractivity contribution in [3.8, 4) is 0 Å². The van der Waals surface area contributed by atoms with E-state index in [4.69, 9.17) is 0 Å². The fourth-order valence-corrected chi connectivity index (χ4v) is 3.39. The summed E-state index contributed by atoms with van der Waals surface area (Å²) in [5.74, 6) is 2.00. The first-order valence-electron chi connectivity index (χ1n) is 7.09. The first kappa shape index (κ1) is 12.4. The number of piperidine rings is 2. The van der Waals surface area contributed by atoms with Crippen molar-refractivity contribution in [3.05, 3.63) is 0 Å². The van der Waals surface area contributed by atoms with Gasteiger partial charge in [-0.15, -0.1) is 0 Å². The van der Waals surface area contributed by atoms with Gasteiger partial charge in [-0.25, -0.2) is 0 Å². The van der Waals surface area contributed by atoms with Gasteiger partial charge >= 0.3 is 0 Å². The molecule has 0 saturated carbocycles. The van der Waals surface area contributed by atoms with Crippen LogP contribution in [-0.4, -0.2) is 49.1 Å². The van der Waals surface area contributed by atoms with Crippen molar-refractivity contribution in [1.29, 1.82) is 0 Å². The zero-order valence-corrected chi connectivity index (χ0v) is 11.3. The van der Waals surface area contributed by atoms with Gasteiger partial charge in [-0.05, 0) is 78.0 Å². The van der Waals surface area contributed by atoms with Crippen molar-refractivity contribution in [2.45, 2.75) is 45.6 Å². The number of hydrogen-bond acceptors (Lipinski definition) is 2. The lowest BCUT2D eigenvalue weighted by molar-refractivity contribution is 0.0785. The Morgan fingerprint density at radius 3 is 2.25 bits per heavy atom. The molecule has 2 rings (SSSR count). The number of nitrogens with zero attached hydrogens (tertiary/aromatic N) is 2. The predicted molar refractivity (Wildman–Crippen MR) is 69.7 cm³/mol. The summed E-state index contributed by atoms with van der Waals surface area (Å²) in [6.07, 6.45) is 5.78. The summed E-state index contributed by atoms with van der Waals surface area (Å²) in [4.78, 5) is 5.17. The maximum absolute atomic E-state index is 2.69. The van der Waals surface area contributed by atoms with Crippen LogP contribution >= 0.6 is 0 Å². The summed E-state index contributed by atoms with van der Waals surface area (Å²) in [5.41, 5.74) is 0. The molecule has 94 valence electrons. The van der Waals surface area contributed by atoms with Crippen molar-refractivity contribution >= 4 is 0 Å². The second-order valence-corrected chi connectivity index (χ2v) is 6.13. The number of likely N-dealkylation sites (tertiary alicyclic amines) is 2. The van der Waals surface area contributed by atoms with Crippen molar-refractivity contribution in [1.82, 2.24) is 9.80 Å². The van der Waals surface area contributed by atoms with Crippen LogP contribution in [0.5, 0.6) is 0 Å². The first-order valence-corrected chi connectivity index (χ1v) is 7.09. The Labute approximate surface area is 101 Å². The Kier molecular flexibility index (Phi) is 4.26. The highest BCUT2D eigenvalue weighted by atomic mass is 15.2. The van der Waals surface area contributed by atoms with Crippen molar-refractivity contribution < 1.29 is 0 Å². The summed E-state index contributed by atoms with van der Waals surface area (Å²) >= 11 is 0. The van der Waals surface area contributed by atoms with E-state index in [1.165, 1.54) is 51.9 Å². The molecule has 2 aliphatic heterocycles. The van der Waals surface area contributed by atoms with E-state index in [1.54, 1.807) is 0 Å². The van der Waals surface area contributed by atoms with Crippen LogP contribution in [-0.2, 0) is 0 Å². The maximum Gasteiger partial charge on any atom is 0.00387 e. The Bertz CT molecular complexity index is 207. The zero-order chi connectivity index (χ0) is 11.5. The normalized spacial score (nSPS) is 31.1. The molecular formula is C14H28N2. The minimum Gasteiger partial charge on any atom is -0.306 e. The van der Waals surface area contributed by atoms with Gasteiger partial charge in [0, 0.05) is 12.6 Å². The average Bonchev–Trinajstić information content (AvgIpc) is 2.30. The van der Waals surface area contributed by atoms with Crippen molar-refractivity contribution in [2.75, 3.05) is 33.2 Å². The van der Waals surface area contributed by atoms with E-state index in [0.717, 1.165) is 17.9 Å². The van der Waals surface area contributed by atoms with Crippen LogP contribution in [0.25, 0.3) is 0 Å². The molecule has 0 aromatic carbocycles. The molecule has 2 aliphatic rings. The Balaban J connectivity index is 1.84. The van der Waals surface area contributed by atoms with Gasteiger partial charge in [0.05, 0.1) is 0 Å². The van der Waals surface area contributed by atoms with Crippen molar-refractivity contribution in [3.63, 3.8) is 0 Å². The lowest BCUT2D eigenvalue weighted by Gasteiger charge is -2.41. The summed E-state index contributed by atoms with van der Waals surface area (Å²) < 4.78 is 0. The van der Waals surface area contributed by atoms with Gasteiger partial charge in [0.15, 0.2) is 0 Å². The molecule has 1 atom stereocenters. The van der Waals surface area contributed by atoms with Gasteiger partial charge < -0.3 is 9.80 Å². The molecule has 0 amide bonds. The minimum atomic E-state index is 0.745. The maximum atomic E-state index is 2.69. The summed E-state index contributed by atoms with van der Waals surface area (Å²) in [5, 5.41) is 0. The van der Waals surface area contributed by atoms with E-state index in [2.05, 4.69) is 30.7 Å². The lowest BCUT2D eigenvalue weighted by Crippen LogP contribution is -2.44. The van der Waals surface area contributed by atoms with Gasteiger partial charge in [0.1, 0.15) is 0 Å². The van der Waals surface area contributed by atoms with Crippen molar-refractivity contribution in [2.24, 2.45) is 11.8 Å². The number of rotatable bonds is 2. The van der Waals surface area contributed by atoms with E-state index in [9.17, 15) is 0 Å². The fraction of sp³-hybridized carbons (Fsp3) is 1.00.